The van der Waals surface area contributed by atoms with Gasteiger partial charge < -0.3 is 14.5 Å². The molecule has 7 heteroatoms. The zero-order valence-corrected chi connectivity index (χ0v) is 16.2. The second-order valence-corrected chi connectivity index (χ2v) is 8.15. The molecule has 0 N–H and O–H groups in total. The van der Waals surface area contributed by atoms with Gasteiger partial charge in [0.15, 0.2) is 0 Å². The molecule has 152 valence electrons. The minimum atomic E-state index is -0.426. The van der Waals surface area contributed by atoms with Crippen molar-refractivity contribution < 1.29 is 18.7 Å². The van der Waals surface area contributed by atoms with E-state index in [-0.39, 0.29) is 24.2 Å². The van der Waals surface area contributed by atoms with Gasteiger partial charge in [-0.15, -0.1) is 0 Å². The fourth-order valence-electron chi connectivity index (χ4n) is 4.45. The van der Waals surface area contributed by atoms with Crippen LogP contribution in [0, 0.1) is 5.82 Å². The van der Waals surface area contributed by atoms with Gasteiger partial charge in [-0.3, -0.25) is 14.5 Å². The highest BCUT2D eigenvalue weighted by Gasteiger charge is 2.43. The fourth-order valence-corrected chi connectivity index (χ4v) is 4.45. The minimum absolute atomic E-state index is 0.0269. The van der Waals surface area contributed by atoms with Crippen molar-refractivity contribution >= 4 is 17.5 Å². The molecule has 1 aromatic carbocycles. The molecule has 2 amide bonds. The monoisotopic (exact) mass is 389 g/mol. The van der Waals surface area contributed by atoms with E-state index in [2.05, 4.69) is 4.90 Å². The molecule has 3 aliphatic rings. The Morgan fingerprint density at radius 2 is 1.71 bits per heavy atom. The van der Waals surface area contributed by atoms with Crippen molar-refractivity contribution in [3.63, 3.8) is 0 Å². The van der Waals surface area contributed by atoms with Crippen molar-refractivity contribution in [2.75, 3.05) is 50.8 Å². The van der Waals surface area contributed by atoms with Crippen LogP contribution in [0.15, 0.2) is 24.3 Å². The van der Waals surface area contributed by atoms with Crippen LogP contribution in [-0.4, -0.2) is 73.1 Å². The number of carbonyl (C=O) groups is 2. The van der Waals surface area contributed by atoms with Gasteiger partial charge in [-0.25, -0.2) is 4.39 Å². The number of hydrogen-bond acceptors (Lipinski definition) is 4. The van der Waals surface area contributed by atoms with Crippen molar-refractivity contribution in [3.8, 4) is 0 Å². The molecule has 0 aromatic heterocycles. The molecule has 0 aliphatic carbocycles. The molecule has 28 heavy (non-hydrogen) atoms. The topological polar surface area (TPSA) is 53.1 Å². The predicted octanol–water partition coefficient (Wildman–Crippen LogP) is 2.04. The van der Waals surface area contributed by atoms with Crippen molar-refractivity contribution in [2.45, 2.75) is 37.7 Å². The maximum Gasteiger partial charge on any atom is 0.253 e. The van der Waals surface area contributed by atoms with Crippen LogP contribution in [0.2, 0.25) is 0 Å². The predicted molar refractivity (Wildman–Crippen MR) is 104 cm³/mol. The SMILES string of the molecule is O=C(CN1CCCCC1)N1CCC2(CC1)CN(c1ccc(F)cc1)C(=O)CO2. The average Bonchev–Trinajstić information content (AvgIpc) is 2.72. The summed E-state index contributed by atoms with van der Waals surface area (Å²) in [6.45, 7) is 4.32. The number of amides is 2. The quantitative estimate of drug-likeness (QED) is 0.794. The second-order valence-electron chi connectivity index (χ2n) is 8.15. The molecule has 3 heterocycles. The summed E-state index contributed by atoms with van der Waals surface area (Å²) in [5, 5.41) is 0. The molecule has 1 aromatic rings. The van der Waals surface area contributed by atoms with Crippen molar-refractivity contribution in [1.82, 2.24) is 9.80 Å². The van der Waals surface area contributed by atoms with Crippen LogP contribution >= 0.6 is 0 Å². The Morgan fingerprint density at radius 1 is 1.04 bits per heavy atom. The van der Waals surface area contributed by atoms with Crippen molar-refractivity contribution in [2.24, 2.45) is 0 Å². The summed E-state index contributed by atoms with van der Waals surface area (Å²) < 4.78 is 19.2. The average molecular weight is 389 g/mol. The Balaban J connectivity index is 1.35. The third kappa shape index (κ3) is 4.20. The van der Waals surface area contributed by atoms with E-state index >= 15 is 0 Å². The summed E-state index contributed by atoms with van der Waals surface area (Å²) in [6, 6.07) is 5.99. The first kappa shape index (κ1) is 19.3. The lowest BCUT2D eigenvalue weighted by atomic mass is 9.89. The fraction of sp³-hybridized carbons (Fsp3) is 0.619. The van der Waals surface area contributed by atoms with Crippen LogP contribution in [0.1, 0.15) is 32.1 Å². The smallest absolute Gasteiger partial charge is 0.253 e. The number of morpholine rings is 1. The Labute approximate surface area is 165 Å². The van der Waals surface area contributed by atoms with Gasteiger partial charge in [0, 0.05) is 18.8 Å². The zero-order chi connectivity index (χ0) is 19.6. The third-order valence-corrected chi connectivity index (χ3v) is 6.22. The number of benzene rings is 1. The second kappa shape index (κ2) is 8.17. The van der Waals surface area contributed by atoms with Gasteiger partial charge in [-0.05, 0) is 63.0 Å². The van der Waals surface area contributed by atoms with Gasteiger partial charge in [-0.2, -0.15) is 0 Å². The molecular weight excluding hydrogens is 361 g/mol. The molecule has 0 radical (unpaired) electrons. The molecule has 3 aliphatic heterocycles. The van der Waals surface area contributed by atoms with E-state index in [4.69, 9.17) is 4.74 Å². The zero-order valence-electron chi connectivity index (χ0n) is 16.2. The number of anilines is 1. The molecule has 4 rings (SSSR count). The summed E-state index contributed by atoms with van der Waals surface area (Å²) in [7, 11) is 0. The molecule has 0 saturated carbocycles. The molecule has 0 unspecified atom stereocenters. The van der Waals surface area contributed by atoms with Crippen LogP contribution in [0.25, 0.3) is 0 Å². The molecule has 6 nitrogen and oxygen atoms in total. The standard InChI is InChI=1S/C21H28FN3O3/c22-17-4-6-18(7-5-17)25-16-21(28-15-20(25)27)8-12-24(13-9-21)19(26)14-23-10-2-1-3-11-23/h4-7H,1-3,8-16H2. The third-order valence-electron chi connectivity index (χ3n) is 6.22. The van der Waals surface area contributed by atoms with Gasteiger partial charge in [0.25, 0.3) is 5.91 Å². The summed E-state index contributed by atoms with van der Waals surface area (Å²) in [5.41, 5.74) is 0.266. The lowest BCUT2D eigenvalue weighted by molar-refractivity contribution is -0.151. The van der Waals surface area contributed by atoms with Crippen LogP contribution in [0.5, 0.6) is 0 Å². The van der Waals surface area contributed by atoms with E-state index in [0.29, 0.717) is 44.7 Å². The minimum Gasteiger partial charge on any atom is -0.363 e. The lowest BCUT2D eigenvalue weighted by Gasteiger charge is -2.47. The highest BCUT2D eigenvalue weighted by atomic mass is 19.1. The highest BCUT2D eigenvalue weighted by molar-refractivity contribution is 5.95. The lowest BCUT2D eigenvalue weighted by Crippen LogP contribution is -2.60. The molecule has 3 saturated heterocycles. The first-order valence-corrected chi connectivity index (χ1v) is 10.2. The number of ether oxygens (including phenoxy) is 1. The van der Waals surface area contributed by atoms with E-state index in [1.807, 2.05) is 4.90 Å². The van der Waals surface area contributed by atoms with Crippen LogP contribution in [0.4, 0.5) is 10.1 Å². The van der Waals surface area contributed by atoms with E-state index < -0.39 is 5.60 Å². The maximum atomic E-state index is 13.2. The molecule has 1 spiro atoms. The number of halogens is 1. The van der Waals surface area contributed by atoms with Crippen LogP contribution < -0.4 is 4.90 Å². The number of hydrogen-bond donors (Lipinski definition) is 0. The number of rotatable bonds is 3. The van der Waals surface area contributed by atoms with E-state index in [1.54, 1.807) is 17.0 Å². The largest absolute Gasteiger partial charge is 0.363 e. The molecule has 0 bridgehead atoms. The van der Waals surface area contributed by atoms with E-state index in [9.17, 15) is 14.0 Å². The Morgan fingerprint density at radius 3 is 2.39 bits per heavy atom. The number of nitrogens with zero attached hydrogens (tertiary/aromatic N) is 3. The summed E-state index contributed by atoms with van der Waals surface area (Å²) in [4.78, 5) is 30.9. The first-order valence-electron chi connectivity index (χ1n) is 10.2. The number of likely N-dealkylation sites (tertiary alicyclic amines) is 2. The van der Waals surface area contributed by atoms with Gasteiger partial charge in [0.1, 0.15) is 12.4 Å². The van der Waals surface area contributed by atoms with Gasteiger partial charge in [-0.1, -0.05) is 6.42 Å². The van der Waals surface area contributed by atoms with Crippen molar-refractivity contribution in [1.29, 1.82) is 0 Å². The Bertz CT molecular complexity index is 710. The summed E-state index contributed by atoms with van der Waals surface area (Å²) in [6.07, 6.45) is 5.04. The normalized spacial score (nSPS) is 23.2. The molecule has 3 fully saturated rings. The molecular formula is C21H28FN3O3. The maximum absolute atomic E-state index is 13.2. The highest BCUT2D eigenvalue weighted by Crippen LogP contribution is 2.33. The van der Waals surface area contributed by atoms with Crippen LogP contribution in [0.3, 0.4) is 0 Å². The number of piperidine rings is 2. The summed E-state index contributed by atoms with van der Waals surface area (Å²) >= 11 is 0. The first-order chi connectivity index (χ1) is 13.5. The molecule has 0 atom stereocenters. The van der Waals surface area contributed by atoms with Gasteiger partial charge in [0.05, 0.1) is 18.7 Å². The Hall–Kier alpha value is -1.99. The van der Waals surface area contributed by atoms with Crippen LogP contribution in [-0.2, 0) is 14.3 Å². The van der Waals surface area contributed by atoms with Gasteiger partial charge in [0.2, 0.25) is 5.91 Å². The van der Waals surface area contributed by atoms with Crippen molar-refractivity contribution in [3.05, 3.63) is 30.1 Å². The number of carbonyl (C=O) groups excluding carboxylic acids is 2. The summed E-state index contributed by atoms with van der Waals surface area (Å²) in [5.74, 6) is -0.237. The van der Waals surface area contributed by atoms with E-state index in [1.165, 1.54) is 31.4 Å². The van der Waals surface area contributed by atoms with E-state index in [0.717, 1.165) is 13.1 Å². The van der Waals surface area contributed by atoms with Gasteiger partial charge >= 0.3 is 0 Å². The Kier molecular flexibility index (Phi) is 5.64.